The number of aryl methyl sites for hydroxylation is 2. The van der Waals surface area contributed by atoms with Crippen LogP contribution in [0.1, 0.15) is 24.0 Å². The monoisotopic (exact) mass is 301 g/mol. The highest BCUT2D eigenvalue weighted by Gasteiger charge is 2.26. The van der Waals surface area contributed by atoms with Crippen molar-refractivity contribution in [2.24, 2.45) is 0 Å². The number of carbonyl (C=O) groups is 1. The normalized spacial score (nSPS) is 18.4. The zero-order chi connectivity index (χ0) is 15.4. The van der Waals surface area contributed by atoms with Crippen LogP contribution in [0.2, 0.25) is 0 Å². The number of ether oxygens (including phenoxy) is 1. The molecule has 1 amide bonds. The quantitative estimate of drug-likeness (QED) is 0.841. The van der Waals surface area contributed by atoms with Gasteiger partial charge in [0, 0.05) is 38.1 Å². The van der Waals surface area contributed by atoms with Gasteiger partial charge in [0.05, 0.1) is 25.2 Å². The van der Waals surface area contributed by atoms with Gasteiger partial charge in [-0.05, 0) is 13.0 Å². The molecule has 0 N–H and O–H groups in total. The molecule has 0 aromatic carbocycles. The van der Waals surface area contributed by atoms with Crippen molar-refractivity contribution in [1.82, 2.24) is 24.4 Å². The molecule has 0 spiro atoms. The molecule has 1 aliphatic rings. The van der Waals surface area contributed by atoms with Crippen LogP contribution in [0.3, 0.4) is 0 Å². The van der Waals surface area contributed by atoms with Crippen molar-refractivity contribution in [3.63, 3.8) is 0 Å². The lowest BCUT2D eigenvalue weighted by molar-refractivity contribution is -0.139. The van der Waals surface area contributed by atoms with E-state index in [0.717, 1.165) is 5.69 Å². The van der Waals surface area contributed by atoms with Crippen molar-refractivity contribution >= 4 is 5.91 Å². The van der Waals surface area contributed by atoms with Crippen LogP contribution in [0.4, 0.5) is 0 Å². The van der Waals surface area contributed by atoms with Gasteiger partial charge in [0.15, 0.2) is 0 Å². The van der Waals surface area contributed by atoms with Crippen LogP contribution in [-0.2, 0) is 16.1 Å². The average Bonchev–Trinajstić information content (AvgIpc) is 3.06. The van der Waals surface area contributed by atoms with E-state index in [-0.39, 0.29) is 12.0 Å². The Hall–Kier alpha value is -2.28. The van der Waals surface area contributed by atoms with Crippen LogP contribution in [0.5, 0.6) is 0 Å². The highest BCUT2D eigenvalue weighted by atomic mass is 16.5. The zero-order valence-electron chi connectivity index (χ0n) is 12.6. The summed E-state index contributed by atoms with van der Waals surface area (Å²) in [6, 6.07) is 1.84. The Labute approximate surface area is 129 Å². The summed E-state index contributed by atoms with van der Waals surface area (Å²) < 4.78 is 7.66. The number of rotatable bonds is 4. The first-order valence-electron chi connectivity index (χ1n) is 7.37. The SMILES string of the molecule is Cc1nccc([C@@H]2CN(C(=O)CCn3ccnc3)CCO2)n1. The van der Waals surface area contributed by atoms with Gasteiger partial charge in [-0.1, -0.05) is 0 Å². The van der Waals surface area contributed by atoms with Crippen LogP contribution in [0, 0.1) is 6.92 Å². The fourth-order valence-electron chi connectivity index (χ4n) is 2.51. The standard InChI is InChI=1S/C15H19N5O2/c1-12-17-4-2-13(18-12)14-10-20(8-9-22-14)15(21)3-6-19-7-5-16-11-19/h2,4-5,7,11,14H,3,6,8-10H2,1H3/t14-/m0/s1. The minimum Gasteiger partial charge on any atom is -0.368 e. The van der Waals surface area contributed by atoms with Gasteiger partial charge >= 0.3 is 0 Å². The predicted molar refractivity (Wildman–Crippen MR) is 78.9 cm³/mol. The maximum absolute atomic E-state index is 12.3. The third-order valence-corrected chi connectivity index (χ3v) is 3.69. The summed E-state index contributed by atoms with van der Waals surface area (Å²) in [5, 5.41) is 0. The molecule has 1 fully saturated rings. The lowest BCUT2D eigenvalue weighted by Gasteiger charge is -2.32. The van der Waals surface area contributed by atoms with Crippen LogP contribution < -0.4 is 0 Å². The lowest BCUT2D eigenvalue weighted by atomic mass is 10.2. The highest BCUT2D eigenvalue weighted by molar-refractivity contribution is 5.76. The number of nitrogens with zero attached hydrogens (tertiary/aromatic N) is 5. The average molecular weight is 301 g/mol. The smallest absolute Gasteiger partial charge is 0.224 e. The van der Waals surface area contributed by atoms with Crippen molar-refractivity contribution in [3.8, 4) is 0 Å². The van der Waals surface area contributed by atoms with E-state index in [4.69, 9.17) is 4.74 Å². The molecule has 0 bridgehead atoms. The number of imidazole rings is 1. The molecule has 0 radical (unpaired) electrons. The first-order chi connectivity index (χ1) is 10.7. The Morgan fingerprint density at radius 3 is 3.14 bits per heavy atom. The highest BCUT2D eigenvalue weighted by Crippen LogP contribution is 2.20. The minimum atomic E-state index is -0.173. The van der Waals surface area contributed by atoms with Gasteiger partial charge in [-0.25, -0.2) is 15.0 Å². The molecule has 3 heterocycles. The zero-order valence-corrected chi connectivity index (χ0v) is 12.6. The first kappa shape index (κ1) is 14.6. The summed E-state index contributed by atoms with van der Waals surface area (Å²) in [4.78, 5) is 26.6. The van der Waals surface area contributed by atoms with Crippen molar-refractivity contribution in [2.75, 3.05) is 19.7 Å². The van der Waals surface area contributed by atoms with E-state index in [2.05, 4.69) is 15.0 Å². The third kappa shape index (κ3) is 3.48. The van der Waals surface area contributed by atoms with E-state index in [9.17, 15) is 4.79 Å². The number of carbonyl (C=O) groups excluding carboxylic acids is 1. The fourth-order valence-corrected chi connectivity index (χ4v) is 2.51. The molecule has 7 nitrogen and oxygen atoms in total. The first-order valence-corrected chi connectivity index (χ1v) is 7.37. The molecule has 116 valence electrons. The molecular weight excluding hydrogens is 282 g/mol. The molecule has 2 aromatic rings. The van der Waals surface area contributed by atoms with E-state index in [0.29, 0.717) is 38.5 Å². The summed E-state index contributed by atoms with van der Waals surface area (Å²) in [7, 11) is 0. The van der Waals surface area contributed by atoms with Gasteiger partial charge in [-0.15, -0.1) is 0 Å². The Morgan fingerprint density at radius 1 is 1.45 bits per heavy atom. The molecule has 3 rings (SSSR count). The third-order valence-electron chi connectivity index (χ3n) is 3.69. The topological polar surface area (TPSA) is 73.1 Å². The predicted octanol–water partition coefficient (Wildman–Crippen LogP) is 0.972. The Morgan fingerprint density at radius 2 is 2.36 bits per heavy atom. The van der Waals surface area contributed by atoms with Crippen molar-refractivity contribution in [3.05, 3.63) is 42.5 Å². The summed E-state index contributed by atoms with van der Waals surface area (Å²) in [5.41, 5.74) is 0.833. The second-order valence-electron chi connectivity index (χ2n) is 5.28. The molecule has 0 unspecified atom stereocenters. The van der Waals surface area contributed by atoms with Crippen molar-refractivity contribution in [2.45, 2.75) is 26.0 Å². The second-order valence-corrected chi connectivity index (χ2v) is 5.28. The van der Waals surface area contributed by atoms with Gasteiger partial charge in [0.2, 0.25) is 5.91 Å². The number of morpholine rings is 1. The molecule has 7 heteroatoms. The van der Waals surface area contributed by atoms with E-state index in [1.807, 2.05) is 28.7 Å². The summed E-state index contributed by atoms with van der Waals surface area (Å²) in [6.07, 6.45) is 7.31. The van der Waals surface area contributed by atoms with Crippen LogP contribution >= 0.6 is 0 Å². The maximum Gasteiger partial charge on any atom is 0.224 e. The van der Waals surface area contributed by atoms with Crippen LogP contribution in [0.15, 0.2) is 31.0 Å². The molecule has 0 aliphatic carbocycles. The molecule has 0 saturated carbocycles. The summed E-state index contributed by atoms with van der Waals surface area (Å²) in [6.45, 7) is 4.20. The molecule has 1 atom stereocenters. The summed E-state index contributed by atoms with van der Waals surface area (Å²) in [5.74, 6) is 0.845. The van der Waals surface area contributed by atoms with Gasteiger partial charge < -0.3 is 14.2 Å². The van der Waals surface area contributed by atoms with Gasteiger partial charge in [-0.2, -0.15) is 0 Å². The summed E-state index contributed by atoms with van der Waals surface area (Å²) >= 11 is 0. The van der Waals surface area contributed by atoms with E-state index in [1.54, 1.807) is 18.7 Å². The van der Waals surface area contributed by atoms with Gasteiger partial charge in [-0.3, -0.25) is 4.79 Å². The van der Waals surface area contributed by atoms with Gasteiger partial charge in [0.25, 0.3) is 0 Å². The van der Waals surface area contributed by atoms with E-state index >= 15 is 0 Å². The molecule has 2 aromatic heterocycles. The van der Waals surface area contributed by atoms with E-state index < -0.39 is 0 Å². The Kier molecular flexibility index (Phi) is 4.43. The number of aromatic nitrogens is 4. The Balaban J connectivity index is 1.59. The van der Waals surface area contributed by atoms with Gasteiger partial charge in [0.1, 0.15) is 11.9 Å². The van der Waals surface area contributed by atoms with Crippen molar-refractivity contribution < 1.29 is 9.53 Å². The Bertz CT molecular complexity index is 629. The van der Waals surface area contributed by atoms with Crippen LogP contribution in [-0.4, -0.2) is 50.0 Å². The fraction of sp³-hybridized carbons (Fsp3) is 0.467. The van der Waals surface area contributed by atoms with Crippen LogP contribution in [0.25, 0.3) is 0 Å². The molecule has 1 saturated heterocycles. The van der Waals surface area contributed by atoms with E-state index in [1.165, 1.54) is 0 Å². The second kappa shape index (κ2) is 6.65. The molecular formula is C15H19N5O2. The largest absolute Gasteiger partial charge is 0.368 e. The number of hydrogen-bond donors (Lipinski definition) is 0. The minimum absolute atomic E-state index is 0.132. The van der Waals surface area contributed by atoms with Crippen molar-refractivity contribution in [1.29, 1.82) is 0 Å². The number of hydrogen-bond acceptors (Lipinski definition) is 5. The number of amides is 1. The molecule has 1 aliphatic heterocycles. The molecule has 22 heavy (non-hydrogen) atoms. The lowest BCUT2D eigenvalue weighted by Crippen LogP contribution is -2.42. The maximum atomic E-state index is 12.3.